The second kappa shape index (κ2) is 7.35. The van der Waals surface area contributed by atoms with Crippen molar-refractivity contribution in [2.24, 2.45) is 0 Å². The quantitative estimate of drug-likeness (QED) is 0.808. The lowest BCUT2D eigenvalue weighted by atomic mass is 10.0. The minimum absolute atomic E-state index is 0.104. The molecule has 1 N–H and O–H groups in total. The summed E-state index contributed by atoms with van der Waals surface area (Å²) >= 11 is 1.82. The van der Waals surface area contributed by atoms with E-state index in [4.69, 9.17) is 5.11 Å². The van der Waals surface area contributed by atoms with E-state index >= 15 is 0 Å². The maximum absolute atomic E-state index is 10.8. The van der Waals surface area contributed by atoms with Gasteiger partial charge >= 0.3 is 5.97 Å². The molecule has 1 rings (SSSR count). The average molecular weight is 253 g/mol. The molecule has 0 spiro atoms. The Morgan fingerprint density at radius 1 is 1.35 bits per heavy atom. The molecule has 94 valence electrons. The van der Waals surface area contributed by atoms with Crippen LogP contribution in [0.1, 0.15) is 11.1 Å². The Morgan fingerprint density at radius 2 is 2.00 bits per heavy atom. The number of thioether (sulfide) groups is 1. The summed E-state index contributed by atoms with van der Waals surface area (Å²) in [6, 6.07) is 7.76. The maximum Gasteiger partial charge on any atom is 0.307 e. The van der Waals surface area contributed by atoms with Crippen LogP contribution in [0, 0.1) is 0 Å². The number of nitrogens with zero attached hydrogens (tertiary/aromatic N) is 1. The number of carbonyl (C=O) groups is 1. The van der Waals surface area contributed by atoms with Crippen molar-refractivity contribution < 1.29 is 9.90 Å². The van der Waals surface area contributed by atoms with Crippen LogP contribution >= 0.6 is 11.8 Å². The highest BCUT2D eigenvalue weighted by Crippen LogP contribution is 2.12. The van der Waals surface area contributed by atoms with Crippen molar-refractivity contribution in [3.63, 3.8) is 0 Å². The van der Waals surface area contributed by atoms with Gasteiger partial charge < -0.3 is 10.0 Å². The summed E-state index contributed by atoms with van der Waals surface area (Å²) in [5.41, 5.74) is 2.02. The Balaban J connectivity index is 2.65. The smallest absolute Gasteiger partial charge is 0.307 e. The first-order valence-electron chi connectivity index (χ1n) is 5.59. The molecular weight excluding hydrogens is 234 g/mol. The largest absolute Gasteiger partial charge is 0.481 e. The van der Waals surface area contributed by atoms with E-state index in [9.17, 15) is 4.79 Å². The fourth-order valence-corrected chi connectivity index (χ4v) is 2.16. The lowest BCUT2D eigenvalue weighted by Crippen LogP contribution is -2.21. The van der Waals surface area contributed by atoms with Crippen molar-refractivity contribution in [2.75, 3.05) is 25.6 Å². The molecule has 0 atom stereocenters. The molecule has 0 aromatic heterocycles. The molecule has 0 fully saturated rings. The monoisotopic (exact) mass is 253 g/mol. The van der Waals surface area contributed by atoms with E-state index in [1.165, 1.54) is 0 Å². The lowest BCUT2D eigenvalue weighted by Gasteiger charge is -2.17. The van der Waals surface area contributed by atoms with Crippen LogP contribution in [0.25, 0.3) is 0 Å². The lowest BCUT2D eigenvalue weighted by molar-refractivity contribution is -0.136. The fraction of sp³-hybridized carbons (Fsp3) is 0.462. The standard InChI is InChI=1S/C13H19NO2S/c1-14(7-8-17-2)10-12-6-4-3-5-11(12)9-13(15)16/h3-6H,7-10H2,1-2H3,(H,15,16). The van der Waals surface area contributed by atoms with Gasteiger partial charge in [-0.3, -0.25) is 4.79 Å². The predicted molar refractivity (Wildman–Crippen MR) is 72.5 cm³/mol. The zero-order chi connectivity index (χ0) is 12.7. The number of hydrogen-bond donors (Lipinski definition) is 1. The fourth-order valence-electron chi connectivity index (χ4n) is 1.66. The second-order valence-corrected chi connectivity index (χ2v) is 5.06. The van der Waals surface area contributed by atoms with Crippen LogP contribution in [0.2, 0.25) is 0 Å². The molecule has 3 nitrogen and oxygen atoms in total. The number of carboxylic acids is 1. The van der Waals surface area contributed by atoms with Crippen LogP contribution in [0.3, 0.4) is 0 Å². The zero-order valence-corrected chi connectivity index (χ0v) is 11.2. The average Bonchev–Trinajstić information content (AvgIpc) is 2.28. The van der Waals surface area contributed by atoms with Crippen molar-refractivity contribution in [1.82, 2.24) is 4.90 Å². The number of hydrogen-bond acceptors (Lipinski definition) is 3. The zero-order valence-electron chi connectivity index (χ0n) is 10.3. The van der Waals surface area contributed by atoms with E-state index in [0.29, 0.717) is 0 Å². The third-order valence-electron chi connectivity index (χ3n) is 2.58. The number of rotatable bonds is 7. The molecule has 0 heterocycles. The van der Waals surface area contributed by atoms with Gasteiger partial charge in [0.15, 0.2) is 0 Å². The van der Waals surface area contributed by atoms with Crippen LogP contribution < -0.4 is 0 Å². The molecule has 0 aliphatic carbocycles. The molecular formula is C13H19NO2S. The van der Waals surface area contributed by atoms with E-state index in [1.807, 2.05) is 36.0 Å². The first-order chi connectivity index (χ1) is 8.13. The van der Waals surface area contributed by atoms with Gasteiger partial charge in [0, 0.05) is 18.8 Å². The second-order valence-electron chi connectivity index (χ2n) is 4.07. The predicted octanol–water partition coefficient (Wildman–Crippen LogP) is 2.11. The molecule has 1 aromatic rings. The SMILES string of the molecule is CSCCN(C)Cc1ccccc1CC(=O)O. The molecule has 0 aliphatic heterocycles. The molecule has 17 heavy (non-hydrogen) atoms. The Bertz CT molecular complexity index is 368. The van der Waals surface area contributed by atoms with Crippen LogP contribution in [0.5, 0.6) is 0 Å². The van der Waals surface area contributed by atoms with Crippen molar-refractivity contribution in [1.29, 1.82) is 0 Å². The minimum atomic E-state index is -0.774. The number of aliphatic carboxylic acids is 1. The first-order valence-corrected chi connectivity index (χ1v) is 6.99. The Labute approximate surface area is 107 Å². The van der Waals surface area contributed by atoms with Crippen molar-refractivity contribution in [3.05, 3.63) is 35.4 Å². The molecule has 0 amide bonds. The van der Waals surface area contributed by atoms with Gasteiger partial charge in [-0.05, 0) is 24.4 Å². The molecule has 0 radical (unpaired) electrons. The first kappa shape index (κ1) is 14.1. The maximum atomic E-state index is 10.8. The third-order valence-corrected chi connectivity index (χ3v) is 3.17. The Morgan fingerprint density at radius 3 is 2.59 bits per heavy atom. The normalized spacial score (nSPS) is 10.8. The molecule has 4 heteroatoms. The molecule has 0 bridgehead atoms. The van der Waals surface area contributed by atoms with Crippen LogP contribution in [-0.4, -0.2) is 41.6 Å². The van der Waals surface area contributed by atoms with Gasteiger partial charge in [0.1, 0.15) is 0 Å². The highest BCUT2D eigenvalue weighted by molar-refractivity contribution is 7.98. The van der Waals surface area contributed by atoms with Gasteiger partial charge in [-0.25, -0.2) is 0 Å². The van der Waals surface area contributed by atoms with E-state index in [-0.39, 0.29) is 6.42 Å². The summed E-state index contributed by atoms with van der Waals surface area (Å²) in [7, 11) is 2.06. The number of benzene rings is 1. The highest BCUT2D eigenvalue weighted by Gasteiger charge is 2.08. The van der Waals surface area contributed by atoms with Crippen molar-refractivity contribution in [3.8, 4) is 0 Å². The summed E-state index contributed by atoms with van der Waals surface area (Å²) in [5, 5.41) is 8.85. The van der Waals surface area contributed by atoms with Crippen LogP contribution in [0.4, 0.5) is 0 Å². The Hall–Kier alpha value is -1.00. The van der Waals surface area contributed by atoms with Gasteiger partial charge in [-0.1, -0.05) is 24.3 Å². The van der Waals surface area contributed by atoms with Crippen LogP contribution in [-0.2, 0) is 17.8 Å². The summed E-state index contributed by atoms with van der Waals surface area (Å²) in [5.74, 6) is 0.321. The Kier molecular flexibility index (Phi) is 6.08. The van der Waals surface area contributed by atoms with E-state index in [1.54, 1.807) is 0 Å². The number of carboxylic acid groups (broad SMARTS) is 1. The molecule has 0 saturated carbocycles. The van der Waals surface area contributed by atoms with E-state index in [0.717, 1.165) is 30.0 Å². The summed E-state index contributed by atoms with van der Waals surface area (Å²) in [6.07, 6.45) is 2.19. The van der Waals surface area contributed by atoms with Gasteiger partial charge in [0.25, 0.3) is 0 Å². The van der Waals surface area contributed by atoms with Crippen molar-refractivity contribution in [2.45, 2.75) is 13.0 Å². The third kappa shape index (κ3) is 5.24. The van der Waals surface area contributed by atoms with Gasteiger partial charge in [-0.2, -0.15) is 11.8 Å². The summed E-state index contributed by atoms with van der Waals surface area (Å²) in [4.78, 5) is 13.0. The highest BCUT2D eigenvalue weighted by atomic mass is 32.2. The molecule has 1 aromatic carbocycles. The summed E-state index contributed by atoms with van der Waals surface area (Å²) in [6.45, 7) is 1.83. The van der Waals surface area contributed by atoms with Crippen molar-refractivity contribution >= 4 is 17.7 Å². The van der Waals surface area contributed by atoms with Crippen LogP contribution in [0.15, 0.2) is 24.3 Å². The summed E-state index contributed by atoms with van der Waals surface area (Å²) < 4.78 is 0. The van der Waals surface area contributed by atoms with Gasteiger partial charge in [0.2, 0.25) is 0 Å². The van der Waals surface area contributed by atoms with Gasteiger partial charge in [-0.15, -0.1) is 0 Å². The minimum Gasteiger partial charge on any atom is -0.481 e. The van der Waals surface area contributed by atoms with Gasteiger partial charge in [0.05, 0.1) is 6.42 Å². The van der Waals surface area contributed by atoms with E-state index in [2.05, 4.69) is 18.2 Å². The molecule has 0 saturated heterocycles. The molecule has 0 unspecified atom stereocenters. The topological polar surface area (TPSA) is 40.5 Å². The molecule has 0 aliphatic rings. The van der Waals surface area contributed by atoms with E-state index < -0.39 is 5.97 Å².